The van der Waals surface area contributed by atoms with E-state index in [1.54, 1.807) is 33.3 Å². The van der Waals surface area contributed by atoms with Crippen LogP contribution in [0.1, 0.15) is 55.4 Å². The molecule has 0 saturated heterocycles. The van der Waals surface area contributed by atoms with Crippen molar-refractivity contribution < 1.29 is 18.6 Å². The summed E-state index contributed by atoms with van der Waals surface area (Å²) in [5, 5.41) is 9.00. The van der Waals surface area contributed by atoms with Crippen LogP contribution >= 0.6 is 22.4 Å². The number of ether oxygens (including phenoxy) is 1. The predicted octanol–water partition coefficient (Wildman–Crippen LogP) is 6.27. The summed E-state index contributed by atoms with van der Waals surface area (Å²) in [6, 6.07) is 16.6. The lowest BCUT2D eigenvalue weighted by Crippen LogP contribution is -2.38. The fourth-order valence-electron chi connectivity index (χ4n) is 5.60. The molecule has 5 rings (SSSR count). The van der Waals surface area contributed by atoms with E-state index in [0.717, 1.165) is 27.7 Å². The Bertz CT molecular complexity index is 1620. The van der Waals surface area contributed by atoms with Crippen molar-refractivity contribution in [3.63, 3.8) is 0 Å². The molecular weight excluding hydrogens is 562 g/mol. The maximum absolute atomic E-state index is 12.8. The fraction of sp³-hybridized carbons (Fsp3) is 0.367. The lowest BCUT2D eigenvalue weighted by molar-refractivity contribution is -0.126. The lowest BCUT2D eigenvalue weighted by atomic mass is 9.69. The van der Waals surface area contributed by atoms with Gasteiger partial charge in [-0.05, 0) is 59.9 Å². The van der Waals surface area contributed by atoms with Crippen LogP contribution in [0.25, 0.3) is 11.0 Å². The van der Waals surface area contributed by atoms with E-state index >= 15 is 0 Å². The smallest absolute Gasteiger partial charge is 0.224 e. The molecule has 9 nitrogen and oxygen atoms in total. The average molecular weight is 598 g/mol. The van der Waals surface area contributed by atoms with Crippen LogP contribution in [0.3, 0.4) is 0 Å². The van der Waals surface area contributed by atoms with Crippen LogP contribution in [0, 0.1) is 12.3 Å². The minimum absolute atomic E-state index is 0.162. The summed E-state index contributed by atoms with van der Waals surface area (Å²) in [4.78, 5) is 13.2. The summed E-state index contributed by atoms with van der Waals surface area (Å²) < 4.78 is 32.5. The highest BCUT2D eigenvalue weighted by Gasteiger charge is 2.40. The molecule has 0 saturated carbocycles. The number of primary amides is 1. The van der Waals surface area contributed by atoms with E-state index < -0.39 is 28.0 Å². The molecule has 0 radical (unpaired) electrons. The van der Waals surface area contributed by atoms with Gasteiger partial charge in [0, 0.05) is 24.5 Å². The van der Waals surface area contributed by atoms with Gasteiger partial charge in [0.2, 0.25) is 5.91 Å². The molecule has 2 atom stereocenters. The zero-order valence-electron chi connectivity index (χ0n) is 23.8. The Labute approximate surface area is 246 Å². The Hall–Kier alpha value is -3.15. The molecule has 2 unspecified atom stereocenters. The van der Waals surface area contributed by atoms with Gasteiger partial charge in [0.1, 0.15) is 22.3 Å². The van der Waals surface area contributed by atoms with Crippen LogP contribution < -0.4 is 10.5 Å². The van der Waals surface area contributed by atoms with Crippen molar-refractivity contribution in [2.24, 2.45) is 18.2 Å². The number of nitrogens with two attached hydrogens (primary N) is 1. The number of aromatic nitrogens is 3. The molecule has 4 aromatic rings. The van der Waals surface area contributed by atoms with E-state index in [2.05, 4.69) is 10.3 Å². The predicted molar refractivity (Wildman–Crippen MR) is 162 cm³/mol. The fourth-order valence-corrected chi connectivity index (χ4v) is 7.40. The van der Waals surface area contributed by atoms with Crippen LogP contribution in [0.4, 0.5) is 0 Å². The third kappa shape index (κ3) is 5.19. The Morgan fingerprint density at radius 2 is 1.95 bits per heavy atom. The second kappa shape index (κ2) is 10.9. The van der Waals surface area contributed by atoms with Crippen molar-refractivity contribution in [1.29, 1.82) is 0 Å². The monoisotopic (exact) mass is 597 g/mol. The number of hydrogen-bond donors (Lipinski definition) is 3. The van der Waals surface area contributed by atoms with Crippen molar-refractivity contribution in [3.8, 4) is 5.75 Å². The van der Waals surface area contributed by atoms with Crippen LogP contribution in [0.5, 0.6) is 5.75 Å². The van der Waals surface area contributed by atoms with Gasteiger partial charge >= 0.3 is 0 Å². The number of amides is 1. The van der Waals surface area contributed by atoms with Crippen LogP contribution in [-0.4, -0.2) is 47.0 Å². The van der Waals surface area contributed by atoms with Gasteiger partial charge < -0.3 is 10.5 Å². The standard InChI is InChI=1S/C30H36ClN5O4S/c1-6-21-17-36(41(38,39)26-10-8-7-9-25(26)40-21)16-20-15-19(11-13-23(20)31)27(30(3,4)29(32)37)22-12-14-24-28(18(22)2)33-34-35(24)5/h7-15,21,27,38-39H,6,16-17H2,1-5H3,(H2,32,37). The molecule has 1 aromatic heterocycles. The normalized spacial score (nSPS) is 18.8. The summed E-state index contributed by atoms with van der Waals surface area (Å²) in [5.74, 6) is -0.405. The summed E-state index contributed by atoms with van der Waals surface area (Å²) in [6.45, 7) is 8.10. The van der Waals surface area contributed by atoms with Gasteiger partial charge in [-0.15, -0.1) is 15.9 Å². The van der Waals surface area contributed by atoms with Crippen molar-refractivity contribution >= 4 is 39.3 Å². The van der Waals surface area contributed by atoms with Gasteiger partial charge in [-0.3, -0.25) is 13.9 Å². The van der Waals surface area contributed by atoms with E-state index in [0.29, 0.717) is 34.2 Å². The molecule has 11 heteroatoms. The summed E-state index contributed by atoms with van der Waals surface area (Å²) in [5.41, 5.74) is 9.99. The van der Waals surface area contributed by atoms with E-state index in [9.17, 15) is 13.9 Å². The maximum atomic E-state index is 12.8. The highest BCUT2D eigenvalue weighted by atomic mass is 35.5. The SMILES string of the molecule is CCC1CN(Cc2cc(C(c3ccc4c(nnn4C)c3C)C(C)(C)C(N)=O)ccc2Cl)S(O)(O)c2ccccc2O1. The summed E-state index contributed by atoms with van der Waals surface area (Å²) in [6.07, 6.45) is 0.447. The van der Waals surface area contributed by atoms with Crippen LogP contribution in [-0.2, 0) is 18.4 Å². The summed E-state index contributed by atoms with van der Waals surface area (Å²) in [7, 11) is -1.54. The first-order valence-corrected chi connectivity index (χ1v) is 15.4. The van der Waals surface area contributed by atoms with Crippen LogP contribution in [0.2, 0.25) is 5.02 Å². The Kier molecular flexibility index (Phi) is 7.82. The molecule has 218 valence electrons. The van der Waals surface area contributed by atoms with Crippen LogP contribution in [0.15, 0.2) is 59.5 Å². The number of para-hydroxylation sites is 1. The number of carbonyl (C=O) groups is 1. The Balaban J connectivity index is 1.61. The second-order valence-electron chi connectivity index (χ2n) is 11.2. The molecule has 4 N–H and O–H groups in total. The molecule has 0 bridgehead atoms. The largest absolute Gasteiger partial charge is 0.487 e. The molecule has 1 amide bonds. The maximum Gasteiger partial charge on any atom is 0.224 e. The zero-order valence-corrected chi connectivity index (χ0v) is 25.4. The number of carbonyl (C=O) groups excluding carboxylic acids is 1. The number of aryl methyl sites for hydroxylation is 2. The zero-order chi connectivity index (χ0) is 29.7. The third-order valence-electron chi connectivity index (χ3n) is 8.16. The van der Waals surface area contributed by atoms with Gasteiger partial charge in [-0.1, -0.05) is 67.9 Å². The van der Waals surface area contributed by atoms with Gasteiger partial charge in [0.25, 0.3) is 0 Å². The van der Waals surface area contributed by atoms with Crippen molar-refractivity contribution in [2.45, 2.75) is 57.6 Å². The highest BCUT2D eigenvalue weighted by molar-refractivity contribution is 8.22. The van der Waals surface area contributed by atoms with E-state index in [1.807, 2.05) is 65.1 Å². The van der Waals surface area contributed by atoms with Crippen molar-refractivity contribution in [2.75, 3.05) is 6.54 Å². The number of halogens is 1. The second-order valence-corrected chi connectivity index (χ2v) is 13.6. The molecular formula is C30H36ClN5O4S. The highest BCUT2D eigenvalue weighted by Crippen LogP contribution is 2.57. The molecule has 1 aliphatic rings. The van der Waals surface area contributed by atoms with Gasteiger partial charge in [0.15, 0.2) is 0 Å². The first kappa shape index (κ1) is 29.3. The first-order chi connectivity index (χ1) is 19.4. The molecule has 3 aromatic carbocycles. The third-order valence-corrected chi connectivity index (χ3v) is 10.5. The Morgan fingerprint density at radius 3 is 2.66 bits per heavy atom. The van der Waals surface area contributed by atoms with Gasteiger partial charge in [0.05, 0.1) is 17.5 Å². The number of benzene rings is 3. The van der Waals surface area contributed by atoms with Crippen molar-refractivity contribution in [1.82, 2.24) is 19.3 Å². The van der Waals surface area contributed by atoms with E-state index in [4.69, 9.17) is 22.1 Å². The summed E-state index contributed by atoms with van der Waals surface area (Å²) >= 11 is 6.73. The van der Waals surface area contributed by atoms with Gasteiger partial charge in [-0.2, -0.15) is 4.31 Å². The quantitative estimate of drug-likeness (QED) is 0.229. The topological polar surface area (TPSA) is 127 Å². The molecule has 41 heavy (non-hydrogen) atoms. The Morgan fingerprint density at radius 1 is 1.22 bits per heavy atom. The molecule has 0 fully saturated rings. The minimum Gasteiger partial charge on any atom is -0.487 e. The average Bonchev–Trinajstić information content (AvgIpc) is 3.27. The number of nitrogens with zero attached hydrogens (tertiary/aromatic N) is 4. The molecule has 0 aliphatic carbocycles. The molecule has 2 heterocycles. The first-order valence-electron chi connectivity index (χ1n) is 13.5. The van der Waals surface area contributed by atoms with Gasteiger partial charge in [-0.25, -0.2) is 4.68 Å². The minimum atomic E-state index is -3.38. The lowest BCUT2D eigenvalue weighted by Gasteiger charge is -2.42. The number of rotatable bonds is 7. The van der Waals surface area contributed by atoms with E-state index in [-0.39, 0.29) is 12.6 Å². The molecule has 1 aliphatic heterocycles. The molecule has 0 spiro atoms. The number of fused-ring (bicyclic) bond motifs is 2. The van der Waals surface area contributed by atoms with E-state index in [1.165, 1.54) is 0 Å². The number of hydrogen-bond acceptors (Lipinski definition) is 7. The van der Waals surface area contributed by atoms with Crippen molar-refractivity contribution in [3.05, 3.63) is 81.9 Å².